The summed E-state index contributed by atoms with van der Waals surface area (Å²) in [6, 6.07) is 23.6. The van der Waals surface area contributed by atoms with E-state index in [9.17, 15) is 14.0 Å². The van der Waals surface area contributed by atoms with Gasteiger partial charge in [-0.15, -0.1) is 0 Å². The maximum Gasteiger partial charge on any atom is 0.272 e. The van der Waals surface area contributed by atoms with Crippen molar-refractivity contribution in [2.24, 2.45) is 0 Å². The second kappa shape index (κ2) is 9.48. The molecule has 4 aromatic rings. The molecule has 1 aromatic heterocycles. The van der Waals surface area contributed by atoms with Crippen LogP contribution in [0, 0.1) is 12.7 Å². The van der Waals surface area contributed by atoms with Gasteiger partial charge in [-0.2, -0.15) is 5.10 Å². The minimum Gasteiger partial charge on any atom is -0.344 e. The minimum absolute atomic E-state index is 0.262. The lowest BCUT2D eigenvalue weighted by Gasteiger charge is -2.14. The topological polar surface area (TPSA) is 76.0 Å². The Morgan fingerprint density at radius 1 is 0.909 bits per heavy atom. The number of hydrogen-bond acceptors (Lipinski definition) is 3. The summed E-state index contributed by atoms with van der Waals surface area (Å²) in [5.41, 5.74) is 3.93. The van der Waals surface area contributed by atoms with Gasteiger partial charge < -0.3 is 10.6 Å². The number of halogens is 1. The Labute approximate surface area is 191 Å². The average Bonchev–Trinajstić information content (AvgIpc) is 3.22. The Bertz CT molecular complexity index is 1270. The monoisotopic (exact) mass is 442 g/mol. The van der Waals surface area contributed by atoms with Crippen LogP contribution in [0.1, 0.15) is 45.1 Å². The number of amides is 2. The number of nitrogens with zero attached hydrogens (tertiary/aromatic N) is 2. The average molecular weight is 442 g/mol. The Balaban J connectivity index is 1.39. The summed E-state index contributed by atoms with van der Waals surface area (Å²) in [4.78, 5) is 25.0. The van der Waals surface area contributed by atoms with Crippen LogP contribution in [0.5, 0.6) is 0 Å². The number of rotatable bonds is 6. The van der Waals surface area contributed by atoms with Crippen molar-refractivity contribution >= 4 is 17.5 Å². The highest BCUT2D eigenvalue weighted by Gasteiger charge is 2.16. The van der Waals surface area contributed by atoms with E-state index in [1.165, 1.54) is 24.3 Å². The molecule has 0 saturated heterocycles. The largest absolute Gasteiger partial charge is 0.344 e. The summed E-state index contributed by atoms with van der Waals surface area (Å²) in [6.07, 6.45) is 0. The first kappa shape index (κ1) is 22.0. The summed E-state index contributed by atoms with van der Waals surface area (Å²) in [5, 5.41) is 10.2. The van der Waals surface area contributed by atoms with Crippen molar-refractivity contribution in [2.75, 3.05) is 5.32 Å². The molecule has 3 aromatic carbocycles. The molecule has 0 spiro atoms. The molecule has 0 aliphatic rings. The number of hydrogen-bond donors (Lipinski definition) is 2. The van der Waals surface area contributed by atoms with Gasteiger partial charge in [-0.25, -0.2) is 9.07 Å². The fourth-order valence-electron chi connectivity index (χ4n) is 3.43. The zero-order chi connectivity index (χ0) is 23.4. The minimum atomic E-state index is -0.395. The number of para-hydroxylation sites is 1. The van der Waals surface area contributed by atoms with Gasteiger partial charge in [-0.3, -0.25) is 9.59 Å². The molecular weight excluding hydrogens is 419 g/mol. The van der Waals surface area contributed by atoms with Crippen molar-refractivity contribution in [3.8, 4) is 5.69 Å². The molecule has 2 N–H and O–H groups in total. The maximum absolute atomic E-state index is 13.0. The quantitative estimate of drug-likeness (QED) is 0.438. The Hall–Kier alpha value is -4.26. The van der Waals surface area contributed by atoms with Crippen LogP contribution in [-0.4, -0.2) is 21.6 Å². The molecule has 0 aliphatic heterocycles. The van der Waals surface area contributed by atoms with Crippen LogP contribution in [0.2, 0.25) is 0 Å². The standard InChI is InChI=1S/C26H23FN4O2/c1-17-16-24(30-31(17)23-6-4-3-5-7-23)26(33)28-18(2)19-10-14-22(15-11-19)29-25(32)20-8-12-21(27)13-9-20/h3-16,18H,1-2H3,(H,28,33)(H,29,32). The van der Waals surface area contributed by atoms with Gasteiger partial charge in [-0.1, -0.05) is 30.3 Å². The van der Waals surface area contributed by atoms with Crippen LogP contribution in [0.15, 0.2) is 84.9 Å². The Kier molecular flexibility index (Phi) is 6.31. The van der Waals surface area contributed by atoms with Crippen molar-refractivity contribution in [2.45, 2.75) is 19.9 Å². The van der Waals surface area contributed by atoms with Gasteiger partial charge in [0.1, 0.15) is 5.82 Å². The third-order valence-electron chi connectivity index (χ3n) is 5.24. The molecule has 0 fully saturated rings. The van der Waals surface area contributed by atoms with Gasteiger partial charge in [0.25, 0.3) is 11.8 Å². The van der Waals surface area contributed by atoms with Crippen LogP contribution in [0.4, 0.5) is 10.1 Å². The molecule has 0 radical (unpaired) electrons. The lowest BCUT2D eigenvalue weighted by Crippen LogP contribution is -2.27. The van der Waals surface area contributed by atoms with E-state index in [2.05, 4.69) is 15.7 Å². The normalized spacial score (nSPS) is 11.6. The third-order valence-corrected chi connectivity index (χ3v) is 5.24. The Morgan fingerprint density at radius 2 is 1.58 bits per heavy atom. The number of anilines is 1. The molecule has 4 rings (SSSR count). The summed E-state index contributed by atoms with van der Waals surface area (Å²) < 4.78 is 14.8. The van der Waals surface area contributed by atoms with Gasteiger partial charge in [0.2, 0.25) is 0 Å². The van der Waals surface area contributed by atoms with E-state index in [0.29, 0.717) is 16.9 Å². The smallest absolute Gasteiger partial charge is 0.272 e. The van der Waals surface area contributed by atoms with E-state index in [1.54, 1.807) is 22.9 Å². The highest BCUT2D eigenvalue weighted by molar-refractivity contribution is 6.04. The third kappa shape index (κ3) is 5.15. The van der Waals surface area contributed by atoms with Crippen LogP contribution in [0.25, 0.3) is 5.69 Å². The molecule has 33 heavy (non-hydrogen) atoms. The fourth-order valence-corrected chi connectivity index (χ4v) is 3.43. The first-order valence-electron chi connectivity index (χ1n) is 10.5. The zero-order valence-corrected chi connectivity index (χ0v) is 18.2. The summed E-state index contributed by atoms with van der Waals surface area (Å²) >= 11 is 0. The highest BCUT2D eigenvalue weighted by Crippen LogP contribution is 2.18. The van der Waals surface area contributed by atoms with Gasteiger partial charge in [-0.05, 0) is 74.0 Å². The SMILES string of the molecule is Cc1cc(C(=O)NC(C)c2ccc(NC(=O)c3ccc(F)cc3)cc2)nn1-c1ccccc1. The number of nitrogens with one attached hydrogen (secondary N) is 2. The number of benzene rings is 3. The molecule has 0 saturated carbocycles. The molecule has 1 atom stereocenters. The molecule has 1 heterocycles. The Morgan fingerprint density at radius 3 is 2.24 bits per heavy atom. The molecular formula is C26H23FN4O2. The van der Waals surface area contributed by atoms with Crippen molar-refractivity contribution < 1.29 is 14.0 Å². The fraction of sp³-hybridized carbons (Fsp3) is 0.115. The van der Waals surface area contributed by atoms with Crippen LogP contribution in [0.3, 0.4) is 0 Å². The first-order valence-corrected chi connectivity index (χ1v) is 10.5. The molecule has 0 bridgehead atoms. The maximum atomic E-state index is 13.0. The van der Waals surface area contributed by atoms with E-state index in [4.69, 9.17) is 0 Å². The number of carbonyl (C=O) groups is 2. The molecule has 1 unspecified atom stereocenters. The molecule has 166 valence electrons. The highest BCUT2D eigenvalue weighted by atomic mass is 19.1. The second-order valence-corrected chi connectivity index (χ2v) is 7.70. The lowest BCUT2D eigenvalue weighted by molar-refractivity contribution is 0.0933. The van der Waals surface area contributed by atoms with E-state index < -0.39 is 5.82 Å². The van der Waals surface area contributed by atoms with E-state index in [-0.39, 0.29) is 17.9 Å². The first-order chi connectivity index (χ1) is 15.9. The number of carbonyl (C=O) groups excluding carboxylic acids is 2. The second-order valence-electron chi connectivity index (χ2n) is 7.70. The summed E-state index contributed by atoms with van der Waals surface area (Å²) in [6.45, 7) is 3.78. The van der Waals surface area contributed by atoms with Crippen molar-refractivity contribution in [3.63, 3.8) is 0 Å². The van der Waals surface area contributed by atoms with Crippen molar-refractivity contribution in [1.29, 1.82) is 0 Å². The van der Waals surface area contributed by atoms with Crippen molar-refractivity contribution in [1.82, 2.24) is 15.1 Å². The van der Waals surface area contributed by atoms with Gasteiger partial charge in [0, 0.05) is 16.9 Å². The molecule has 6 nitrogen and oxygen atoms in total. The van der Waals surface area contributed by atoms with Gasteiger partial charge >= 0.3 is 0 Å². The van der Waals surface area contributed by atoms with Crippen molar-refractivity contribution in [3.05, 3.63) is 113 Å². The van der Waals surface area contributed by atoms with Gasteiger partial charge in [0.05, 0.1) is 11.7 Å². The van der Waals surface area contributed by atoms with Crippen LogP contribution < -0.4 is 10.6 Å². The molecule has 0 aliphatic carbocycles. The predicted molar refractivity (Wildman–Crippen MR) is 125 cm³/mol. The molecule has 7 heteroatoms. The zero-order valence-electron chi connectivity index (χ0n) is 18.2. The van der Waals surface area contributed by atoms with E-state index in [0.717, 1.165) is 16.9 Å². The lowest BCUT2D eigenvalue weighted by atomic mass is 10.1. The van der Waals surface area contributed by atoms with Crippen LogP contribution in [-0.2, 0) is 0 Å². The van der Waals surface area contributed by atoms with E-state index >= 15 is 0 Å². The van der Waals surface area contributed by atoms with E-state index in [1.807, 2.05) is 56.3 Å². The summed E-state index contributed by atoms with van der Waals surface area (Å²) in [5.74, 6) is -0.989. The van der Waals surface area contributed by atoms with Crippen LogP contribution >= 0.6 is 0 Å². The van der Waals surface area contributed by atoms with Gasteiger partial charge in [0.15, 0.2) is 5.69 Å². The molecule has 2 amide bonds. The summed E-state index contributed by atoms with van der Waals surface area (Å²) in [7, 11) is 0. The number of aryl methyl sites for hydroxylation is 1. The predicted octanol–water partition coefficient (Wildman–Crippen LogP) is 5.06. The number of aromatic nitrogens is 2.